The second-order valence-electron chi connectivity index (χ2n) is 4.39. The highest BCUT2D eigenvalue weighted by Gasteiger charge is 2.29. The Morgan fingerprint density at radius 3 is 2.94 bits per heavy atom. The second-order valence-corrected chi connectivity index (χ2v) is 5.24. The number of hydrogen-bond donors (Lipinski definition) is 1. The van der Waals surface area contributed by atoms with Gasteiger partial charge in [0.1, 0.15) is 6.04 Å². The van der Waals surface area contributed by atoms with E-state index >= 15 is 0 Å². The molecular formula is C13H16BrNO3. The van der Waals surface area contributed by atoms with Crippen molar-refractivity contribution in [2.45, 2.75) is 19.1 Å². The van der Waals surface area contributed by atoms with Gasteiger partial charge in [-0.2, -0.15) is 0 Å². The van der Waals surface area contributed by atoms with E-state index in [9.17, 15) is 4.79 Å². The summed E-state index contributed by atoms with van der Waals surface area (Å²) in [7, 11) is 0. The van der Waals surface area contributed by atoms with E-state index in [1.165, 1.54) is 0 Å². The van der Waals surface area contributed by atoms with Gasteiger partial charge in [-0.05, 0) is 18.6 Å². The molecule has 1 aliphatic rings. The lowest BCUT2D eigenvalue weighted by atomic mass is 10.1. The van der Waals surface area contributed by atoms with Crippen molar-refractivity contribution in [1.82, 2.24) is 4.90 Å². The number of nitrogens with zero attached hydrogens (tertiary/aromatic N) is 1. The molecule has 0 amide bonds. The minimum Gasteiger partial charge on any atom is -0.480 e. The zero-order valence-corrected chi connectivity index (χ0v) is 11.8. The molecule has 0 aromatic heterocycles. The number of morpholine rings is 1. The number of carboxylic acids is 1. The first-order valence-electron chi connectivity index (χ1n) is 5.92. The van der Waals surface area contributed by atoms with Crippen LogP contribution >= 0.6 is 15.9 Å². The number of hydrogen-bond acceptors (Lipinski definition) is 3. The van der Waals surface area contributed by atoms with Gasteiger partial charge in [-0.15, -0.1) is 0 Å². The van der Waals surface area contributed by atoms with Gasteiger partial charge in [-0.3, -0.25) is 9.69 Å². The van der Waals surface area contributed by atoms with Gasteiger partial charge in [0, 0.05) is 17.6 Å². The Balaban J connectivity index is 2.12. The van der Waals surface area contributed by atoms with E-state index in [1.807, 2.05) is 29.2 Å². The van der Waals surface area contributed by atoms with E-state index in [2.05, 4.69) is 15.9 Å². The maximum Gasteiger partial charge on any atom is 0.320 e. The van der Waals surface area contributed by atoms with Crippen LogP contribution in [0.1, 0.15) is 18.6 Å². The van der Waals surface area contributed by atoms with Crippen LogP contribution in [0.25, 0.3) is 0 Å². The molecule has 18 heavy (non-hydrogen) atoms. The van der Waals surface area contributed by atoms with Crippen molar-refractivity contribution in [3.63, 3.8) is 0 Å². The van der Waals surface area contributed by atoms with Crippen molar-refractivity contribution in [3.8, 4) is 0 Å². The summed E-state index contributed by atoms with van der Waals surface area (Å²) in [4.78, 5) is 13.0. The molecule has 98 valence electrons. The lowest BCUT2D eigenvalue weighted by Crippen LogP contribution is -2.46. The third-order valence-electron chi connectivity index (χ3n) is 3.26. The molecule has 2 rings (SSSR count). The fraction of sp³-hybridized carbons (Fsp3) is 0.462. The average molecular weight is 314 g/mol. The van der Waals surface area contributed by atoms with E-state index in [0.717, 1.165) is 10.0 Å². The first kappa shape index (κ1) is 13.5. The monoisotopic (exact) mass is 313 g/mol. The van der Waals surface area contributed by atoms with E-state index in [-0.39, 0.29) is 6.10 Å². The van der Waals surface area contributed by atoms with Gasteiger partial charge in [-0.25, -0.2) is 0 Å². The number of carboxylic acid groups (broad SMARTS) is 1. The summed E-state index contributed by atoms with van der Waals surface area (Å²) in [5.41, 5.74) is 1.07. The molecule has 1 heterocycles. The fourth-order valence-electron chi connectivity index (χ4n) is 2.10. The predicted molar refractivity (Wildman–Crippen MR) is 71.5 cm³/mol. The summed E-state index contributed by atoms with van der Waals surface area (Å²) in [6, 6.07) is 7.41. The average Bonchev–Trinajstić information content (AvgIpc) is 2.38. The van der Waals surface area contributed by atoms with Crippen molar-refractivity contribution < 1.29 is 14.6 Å². The molecule has 1 aromatic rings. The Bertz CT molecular complexity index is 438. The second kappa shape index (κ2) is 5.82. The fourth-order valence-corrected chi connectivity index (χ4v) is 2.64. The van der Waals surface area contributed by atoms with Gasteiger partial charge in [0.2, 0.25) is 0 Å². The van der Waals surface area contributed by atoms with Gasteiger partial charge < -0.3 is 9.84 Å². The number of aliphatic carboxylic acids is 1. The predicted octanol–water partition coefficient (Wildman–Crippen LogP) is 2.30. The Morgan fingerprint density at radius 2 is 2.28 bits per heavy atom. The molecular weight excluding hydrogens is 298 g/mol. The van der Waals surface area contributed by atoms with Crippen molar-refractivity contribution >= 4 is 21.9 Å². The normalized spacial score (nSPS) is 22.7. The van der Waals surface area contributed by atoms with Crippen LogP contribution in [0.3, 0.4) is 0 Å². The summed E-state index contributed by atoms with van der Waals surface area (Å²) in [5.74, 6) is -0.789. The number of benzene rings is 1. The van der Waals surface area contributed by atoms with Crippen LogP contribution in [0.4, 0.5) is 0 Å². The third-order valence-corrected chi connectivity index (χ3v) is 3.98. The van der Waals surface area contributed by atoms with Gasteiger partial charge in [0.05, 0.1) is 12.7 Å². The van der Waals surface area contributed by atoms with Gasteiger partial charge in [0.25, 0.3) is 0 Å². The molecule has 0 spiro atoms. The molecule has 0 bridgehead atoms. The van der Waals surface area contributed by atoms with E-state index < -0.39 is 12.0 Å². The van der Waals surface area contributed by atoms with Crippen molar-refractivity contribution in [1.29, 1.82) is 0 Å². The highest BCUT2D eigenvalue weighted by Crippen LogP contribution is 2.29. The first-order valence-corrected chi connectivity index (χ1v) is 6.72. The Labute approximate surface area is 115 Å². The maximum atomic E-state index is 11.0. The molecule has 1 aromatic carbocycles. The molecule has 1 saturated heterocycles. The summed E-state index contributed by atoms with van der Waals surface area (Å²) in [6.45, 7) is 3.54. The number of halogens is 1. The van der Waals surface area contributed by atoms with Gasteiger partial charge in [-0.1, -0.05) is 34.1 Å². The van der Waals surface area contributed by atoms with Crippen LogP contribution in [0.15, 0.2) is 28.7 Å². The molecule has 4 nitrogen and oxygen atoms in total. The molecule has 0 unspecified atom stereocenters. The molecule has 0 saturated carbocycles. The maximum absolute atomic E-state index is 11.0. The number of ether oxygens (including phenoxy) is 1. The molecule has 0 radical (unpaired) electrons. The molecule has 1 N–H and O–H groups in total. The quantitative estimate of drug-likeness (QED) is 0.930. The van der Waals surface area contributed by atoms with Crippen molar-refractivity contribution in [2.24, 2.45) is 0 Å². The van der Waals surface area contributed by atoms with Crippen LogP contribution in [-0.2, 0) is 9.53 Å². The molecule has 1 fully saturated rings. The van der Waals surface area contributed by atoms with Crippen molar-refractivity contribution in [2.75, 3.05) is 19.7 Å². The summed E-state index contributed by atoms with van der Waals surface area (Å²) in [6.07, 6.45) is -0.0730. The van der Waals surface area contributed by atoms with Crippen LogP contribution in [0, 0.1) is 0 Å². The van der Waals surface area contributed by atoms with Gasteiger partial charge >= 0.3 is 5.97 Å². The lowest BCUT2D eigenvalue weighted by Gasteiger charge is -2.35. The highest BCUT2D eigenvalue weighted by atomic mass is 79.9. The number of carbonyl (C=O) groups is 1. The van der Waals surface area contributed by atoms with Crippen molar-refractivity contribution in [3.05, 3.63) is 34.3 Å². The van der Waals surface area contributed by atoms with E-state index in [1.54, 1.807) is 6.92 Å². The van der Waals surface area contributed by atoms with E-state index in [4.69, 9.17) is 9.84 Å². The molecule has 2 atom stereocenters. The molecule has 5 heteroatoms. The topological polar surface area (TPSA) is 49.8 Å². The standard InChI is InChI=1S/C13H16BrNO3/c1-9(13(16)17)15-6-7-18-12(8-15)10-4-2-3-5-11(10)14/h2-5,9,12H,6-8H2,1H3,(H,16,17)/t9-,12-/m0/s1. The third kappa shape index (κ3) is 2.91. The Morgan fingerprint density at radius 1 is 1.56 bits per heavy atom. The van der Waals surface area contributed by atoms with Crippen LogP contribution in [0.2, 0.25) is 0 Å². The van der Waals surface area contributed by atoms with Gasteiger partial charge in [0.15, 0.2) is 0 Å². The van der Waals surface area contributed by atoms with E-state index in [0.29, 0.717) is 19.7 Å². The van der Waals surface area contributed by atoms with Crippen LogP contribution < -0.4 is 0 Å². The Hall–Kier alpha value is -0.910. The van der Waals surface area contributed by atoms with Crippen LogP contribution in [-0.4, -0.2) is 41.7 Å². The SMILES string of the molecule is C[C@@H](C(=O)O)N1CCO[C@H](c2ccccc2Br)C1. The largest absolute Gasteiger partial charge is 0.480 e. The molecule has 0 aliphatic carbocycles. The molecule has 1 aliphatic heterocycles. The summed E-state index contributed by atoms with van der Waals surface area (Å²) in [5, 5.41) is 9.05. The number of rotatable bonds is 3. The Kier molecular flexibility index (Phi) is 4.37. The lowest BCUT2D eigenvalue weighted by molar-refractivity contribution is -0.145. The highest BCUT2D eigenvalue weighted by molar-refractivity contribution is 9.10. The first-order chi connectivity index (χ1) is 8.59. The zero-order valence-electron chi connectivity index (χ0n) is 10.2. The van der Waals surface area contributed by atoms with Crippen LogP contribution in [0.5, 0.6) is 0 Å². The smallest absolute Gasteiger partial charge is 0.320 e. The zero-order chi connectivity index (χ0) is 13.1. The minimum absolute atomic E-state index is 0.0730. The summed E-state index contributed by atoms with van der Waals surface area (Å²) >= 11 is 3.50. The summed E-state index contributed by atoms with van der Waals surface area (Å²) < 4.78 is 6.74. The minimum atomic E-state index is -0.789.